The zero-order valence-corrected chi connectivity index (χ0v) is 21.9. The van der Waals surface area contributed by atoms with Gasteiger partial charge in [-0.15, -0.1) is 10.2 Å². The standard InChI is InChI=1S/C26H23Cl2N5O2S/c1-3-35-21-12-10-20(11-13-21)33-25(18-7-5-4-6-8-18)31-32-26(33)36-16-24(34)30-29-17(2)22-14-9-19(27)15-23(22)28/h4-15H,3,16H2,1-2H3,(H,30,34)/b29-17+. The van der Waals surface area contributed by atoms with E-state index >= 15 is 0 Å². The smallest absolute Gasteiger partial charge is 0.250 e. The Labute approximate surface area is 223 Å². The van der Waals surface area contributed by atoms with Crippen LogP contribution in [0.4, 0.5) is 0 Å². The minimum atomic E-state index is -0.285. The Morgan fingerprint density at radius 2 is 1.81 bits per heavy atom. The molecule has 0 saturated carbocycles. The third kappa shape index (κ3) is 6.26. The zero-order chi connectivity index (χ0) is 25.5. The second-order valence-electron chi connectivity index (χ2n) is 7.58. The van der Waals surface area contributed by atoms with Crippen LogP contribution in [0.5, 0.6) is 5.75 Å². The number of benzene rings is 3. The Hall–Kier alpha value is -3.33. The van der Waals surface area contributed by atoms with Crippen LogP contribution in [0.1, 0.15) is 19.4 Å². The van der Waals surface area contributed by atoms with Gasteiger partial charge in [-0.1, -0.05) is 71.4 Å². The van der Waals surface area contributed by atoms with E-state index in [1.165, 1.54) is 11.8 Å². The number of nitrogens with one attached hydrogen (secondary N) is 1. The van der Waals surface area contributed by atoms with Crippen molar-refractivity contribution in [3.8, 4) is 22.8 Å². The SMILES string of the molecule is CCOc1ccc(-n2c(SCC(=O)N/N=C(\C)c3ccc(Cl)cc3Cl)nnc2-c2ccccc2)cc1. The highest BCUT2D eigenvalue weighted by Gasteiger charge is 2.17. The van der Waals surface area contributed by atoms with Crippen LogP contribution in [0.2, 0.25) is 10.0 Å². The summed E-state index contributed by atoms with van der Waals surface area (Å²) >= 11 is 13.4. The minimum Gasteiger partial charge on any atom is -0.494 e. The number of ether oxygens (including phenoxy) is 1. The lowest BCUT2D eigenvalue weighted by Crippen LogP contribution is -2.21. The molecular formula is C26H23Cl2N5O2S. The maximum atomic E-state index is 12.6. The van der Waals surface area contributed by atoms with Crippen molar-refractivity contribution in [3.05, 3.63) is 88.4 Å². The molecule has 0 aliphatic carbocycles. The summed E-state index contributed by atoms with van der Waals surface area (Å²) in [4.78, 5) is 12.6. The molecule has 1 heterocycles. The molecule has 0 fully saturated rings. The largest absolute Gasteiger partial charge is 0.494 e. The first kappa shape index (κ1) is 25.8. The van der Waals surface area contributed by atoms with Crippen molar-refractivity contribution in [3.63, 3.8) is 0 Å². The van der Waals surface area contributed by atoms with Crippen molar-refractivity contribution >= 4 is 46.6 Å². The topological polar surface area (TPSA) is 81.4 Å². The van der Waals surface area contributed by atoms with Crippen molar-refractivity contribution in [2.45, 2.75) is 19.0 Å². The van der Waals surface area contributed by atoms with E-state index in [2.05, 4.69) is 20.7 Å². The molecule has 0 saturated heterocycles. The summed E-state index contributed by atoms with van der Waals surface area (Å²) in [5, 5.41) is 14.5. The van der Waals surface area contributed by atoms with E-state index < -0.39 is 0 Å². The summed E-state index contributed by atoms with van der Waals surface area (Å²) in [6.07, 6.45) is 0. The van der Waals surface area contributed by atoms with Crippen LogP contribution in [0.25, 0.3) is 17.1 Å². The van der Waals surface area contributed by atoms with Crippen LogP contribution in [0.15, 0.2) is 83.1 Å². The number of halogens is 2. The first-order valence-electron chi connectivity index (χ1n) is 11.1. The number of aromatic nitrogens is 3. The van der Waals surface area contributed by atoms with E-state index in [1.54, 1.807) is 25.1 Å². The molecule has 0 spiro atoms. The van der Waals surface area contributed by atoms with Crippen molar-refractivity contribution in [1.82, 2.24) is 20.2 Å². The quantitative estimate of drug-likeness (QED) is 0.154. The van der Waals surface area contributed by atoms with Crippen LogP contribution in [-0.4, -0.2) is 38.7 Å². The summed E-state index contributed by atoms with van der Waals surface area (Å²) in [7, 11) is 0. The van der Waals surface area contributed by atoms with Crippen LogP contribution in [0, 0.1) is 0 Å². The van der Waals surface area contributed by atoms with Crippen LogP contribution in [-0.2, 0) is 4.79 Å². The normalized spacial score (nSPS) is 11.4. The minimum absolute atomic E-state index is 0.0923. The van der Waals surface area contributed by atoms with Gasteiger partial charge in [-0.3, -0.25) is 9.36 Å². The monoisotopic (exact) mass is 539 g/mol. The van der Waals surface area contributed by atoms with E-state index in [4.69, 9.17) is 27.9 Å². The third-order valence-electron chi connectivity index (χ3n) is 5.07. The number of rotatable bonds is 9. The van der Waals surface area contributed by atoms with Gasteiger partial charge in [-0.25, -0.2) is 5.43 Å². The molecule has 0 radical (unpaired) electrons. The van der Waals surface area contributed by atoms with E-state index in [0.29, 0.717) is 38.9 Å². The molecule has 7 nitrogen and oxygen atoms in total. The van der Waals surface area contributed by atoms with Crippen LogP contribution >= 0.6 is 35.0 Å². The van der Waals surface area contributed by atoms with Gasteiger partial charge >= 0.3 is 0 Å². The van der Waals surface area contributed by atoms with Gasteiger partial charge in [-0.05, 0) is 50.2 Å². The van der Waals surface area contributed by atoms with Gasteiger partial charge < -0.3 is 4.74 Å². The van der Waals surface area contributed by atoms with Gasteiger partial charge in [0.05, 0.1) is 23.1 Å². The molecule has 4 rings (SSSR count). The Morgan fingerprint density at radius 3 is 2.50 bits per heavy atom. The highest BCUT2D eigenvalue weighted by atomic mass is 35.5. The average molecular weight is 540 g/mol. The second kappa shape index (κ2) is 12.1. The molecule has 10 heteroatoms. The maximum absolute atomic E-state index is 12.6. The Balaban J connectivity index is 1.52. The number of thioether (sulfide) groups is 1. The van der Waals surface area contributed by atoms with Crippen LogP contribution in [0.3, 0.4) is 0 Å². The van der Waals surface area contributed by atoms with E-state index in [-0.39, 0.29) is 11.7 Å². The number of hydrogen-bond donors (Lipinski definition) is 1. The lowest BCUT2D eigenvalue weighted by Gasteiger charge is -2.11. The Kier molecular flexibility index (Phi) is 8.64. The number of carbonyl (C=O) groups is 1. The van der Waals surface area contributed by atoms with Gasteiger partial charge in [0.15, 0.2) is 11.0 Å². The van der Waals surface area contributed by atoms with Crippen molar-refractivity contribution in [2.75, 3.05) is 12.4 Å². The van der Waals surface area contributed by atoms with E-state index in [1.807, 2.05) is 66.1 Å². The van der Waals surface area contributed by atoms with Crippen LogP contribution < -0.4 is 10.2 Å². The van der Waals surface area contributed by atoms with Crippen molar-refractivity contribution in [2.24, 2.45) is 5.10 Å². The molecule has 0 aliphatic rings. The van der Waals surface area contributed by atoms with Gasteiger partial charge in [0, 0.05) is 21.8 Å². The number of carbonyl (C=O) groups excluding carboxylic acids is 1. The molecule has 0 unspecified atom stereocenters. The lowest BCUT2D eigenvalue weighted by molar-refractivity contribution is -0.118. The lowest BCUT2D eigenvalue weighted by atomic mass is 10.1. The van der Waals surface area contributed by atoms with Gasteiger partial charge in [0.1, 0.15) is 5.75 Å². The fourth-order valence-corrected chi connectivity index (χ4v) is 4.67. The number of amides is 1. The summed E-state index contributed by atoms with van der Waals surface area (Å²) in [5.74, 6) is 1.26. The number of hydrazone groups is 1. The van der Waals surface area contributed by atoms with Gasteiger partial charge in [0.2, 0.25) is 0 Å². The highest BCUT2D eigenvalue weighted by Crippen LogP contribution is 2.29. The van der Waals surface area contributed by atoms with Crippen molar-refractivity contribution < 1.29 is 9.53 Å². The molecule has 1 N–H and O–H groups in total. The first-order chi connectivity index (χ1) is 17.5. The Bertz CT molecular complexity index is 1380. The summed E-state index contributed by atoms with van der Waals surface area (Å²) < 4.78 is 7.49. The fourth-order valence-electron chi connectivity index (χ4n) is 3.38. The fraction of sp³-hybridized carbons (Fsp3) is 0.154. The molecule has 1 amide bonds. The van der Waals surface area contributed by atoms with E-state index in [9.17, 15) is 4.79 Å². The summed E-state index contributed by atoms with van der Waals surface area (Å²) in [5.41, 5.74) is 5.60. The predicted octanol–water partition coefficient (Wildman–Crippen LogP) is 6.27. The molecule has 36 heavy (non-hydrogen) atoms. The first-order valence-corrected chi connectivity index (χ1v) is 12.9. The molecule has 0 atom stereocenters. The molecular weight excluding hydrogens is 517 g/mol. The molecule has 0 aliphatic heterocycles. The molecule has 184 valence electrons. The summed E-state index contributed by atoms with van der Waals surface area (Å²) in [6, 6.07) is 22.6. The molecule has 3 aromatic carbocycles. The zero-order valence-electron chi connectivity index (χ0n) is 19.6. The second-order valence-corrected chi connectivity index (χ2v) is 9.37. The maximum Gasteiger partial charge on any atom is 0.250 e. The molecule has 1 aromatic heterocycles. The van der Waals surface area contributed by atoms with E-state index in [0.717, 1.165) is 17.0 Å². The Morgan fingerprint density at radius 1 is 1.06 bits per heavy atom. The molecule has 0 bridgehead atoms. The highest BCUT2D eigenvalue weighted by molar-refractivity contribution is 7.99. The number of nitrogens with zero attached hydrogens (tertiary/aromatic N) is 4. The van der Waals surface area contributed by atoms with Crippen molar-refractivity contribution in [1.29, 1.82) is 0 Å². The van der Waals surface area contributed by atoms with Gasteiger partial charge in [-0.2, -0.15) is 5.10 Å². The molecule has 4 aromatic rings. The predicted molar refractivity (Wildman–Crippen MR) is 146 cm³/mol. The summed E-state index contributed by atoms with van der Waals surface area (Å²) in [6.45, 7) is 4.29. The average Bonchev–Trinajstić information content (AvgIpc) is 3.31. The third-order valence-corrected chi connectivity index (χ3v) is 6.55. The van der Waals surface area contributed by atoms with Gasteiger partial charge in [0.25, 0.3) is 5.91 Å². The number of hydrogen-bond acceptors (Lipinski definition) is 6.